The minimum atomic E-state index is -0.703. The number of nitrogens with zero attached hydrogens (tertiary/aromatic N) is 2. The van der Waals surface area contributed by atoms with E-state index in [0.717, 1.165) is 5.69 Å². The highest BCUT2D eigenvalue weighted by Gasteiger charge is 2.25. The van der Waals surface area contributed by atoms with E-state index in [1.807, 2.05) is 55.6 Å². The lowest BCUT2D eigenvalue weighted by atomic mass is 10.0. The van der Waals surface area contributed by atoms with Crippen LogP contribution in [-0.2, 0) is 4.79 Å². The van der Waals surface area contributed by atoms with E-state index >= 15 is 0 Å². The second-order valence-corrected chi connectivity index (χ2v) is 7.29. The first-order valence-electron chi connectivity index (χ1n) is 8.83. The summed E-state index contributed by atoms with van der Waals surface area (Å²) in [6.45, 7) is 3.74. The van der Waals surface area contributed by atoms with E-state index in [0.29, 0.717) is 16.5 Å². The van der Waals surface area contributed by atoms with Crippen molar-refractivity contribution in [3.63, 3.8) is 0 Å². The summed E-state index contributed by atoms with van der Waals surface area (Å²) in [5.41, 5.74) is 2.08. The summed E-state index contributed by atoms with van der Waals surface area (Å²) in [5.74, 6) is -0.420. The van der Waals surface area contributed by atoms with Gasteiger partial charge >= 0.3 is 6.03 Å². The number of urea groups is 1. The van der Waals surface area contributed by atoms with Gasteiger partial charge in [0.15, 0.2) is 5.13 Å². The van der Waals surface area contributed by atoms with E-state index in [2.05, 4.69) is 25.9 Å². The number of pyridine rings is 1. The quantitative estimate of drug-likeness (QED) is 0.588. The second kappa shape index (κ2) is 9.09. The summed E-state index contributed by atoms with van der Waals surface area (Å²) in [6, 6.07) is 13.5. The molecule has 3 aromatic rings. The molecule has 3 N–H and O–H groups in total. The SMILES string of the molecule is CC(C)C(NC(=O)Nc1ccccc1)C(=O)Nc1nc(-c2ccccn2)cs1. The highest BCUT2D eigenvalue weighted by Crippen LogP contribution is 2.23. The molecule has 2 aromatic heterocycles. The summed E-state index contributed by atoms with van der Waals surface area (Å²) in [7, 11) is 0. The van der Waals surface area contributed by atoms with Crippen molar-refractivity contribution >= 4 is 34.1 Å². The molecule has 0 spiro atoms. The molecule has 1 atom stereocenters. The summed E-state index contributed by atoms with van der Waals surface area (Å²) < 4.78 is 0. The van der Waals surface area contributed by atoms with Crippen LogP contribution in [0.15, 0.2) is 60.1 Å². The van der Waals surface area contributed by atoms with Crippen LogP contribution in [0.25, 0.3) is 11.4 Å². The van der Waals surface area contributed by atoms with Gasteiger partial charge < -0.3 is 16.0 Å². The third-order valence-electron chi connectivity index (χ3n) is 3.93. The molecule has 1 unspecified atom stereocenters. The van der Waals surface area contributed by atoms with Crippen molar-refractivity contribution in [2.24, 2.45) is 5.92 Å². The molecular formula is C20H21N5O2S. The minimum absolute atomic E-state index is 0.100. The number of thiazole rings is 1. The van der Waals surface area contributed by atoms with E-state index in [9.17, 15) is 9.59 Å². The van der Waals surface area contributed by atoms with Crippen LogP contribution in [0, 0.1) is 5.92 Å². The van der Waals surface area contributed by atoms with Crippen LogP contribution < -0.4 is 16.0 Å². The van der Waals surface area contributed by atoms with E-state index in [4.69, 9.17) is 0 Å². The van der Waals surface area contributed by atoms with Crippen molar-refractivity contribution in [1.82, 2.24) is 15.3 Å². The first kappa shape index (κ1) is 19.5. The third kappa shape index (κ3) is 5.14. The molecule has 0 aliphatic carbocycles. The Labute approximate surface area is 167 Å². The van der Waals surface area contributed by atoms with E-state index in [-0.39, 0.29) is 11.8 Å². The Kier molecular flexibility index (Phi) is 6.33. The maximum atomic E-state index is 12.7. The number of anilines is 2. The van der Waals surface area contributed by atoms with Crippen LogP contribution in [0.4, 0.5) is 15.6 Å². The Balaban J connectivity index is 1.63. The van der Waals surface area contributed by atoms with E-state index in [1.54, 1.807) is 18.3 Å². The normalized spacial score (nSPS) is 11.7. The van der Waals surface area contributed by atoms with Gasteiger partial charge in [-0.2, -0.15) is 0 Å². The first-order valence-corrected chi connectivity index (χ1v) is 9.71. The standard InChI is InChI=1S/C20H21N5O2S/c1-13(2)17(24-19(27)22-14-8-4-3-5-9-14)18(26)25-20-23-16(12-28-20)15-10-6-7-11-21-15/h3-13,17H,1-2H3,(H2,22,24,27)(H,23,25,26). The molecular weight excluding hydrogens is 374 g/mol. The Morgan fingerprint density at radius 2 is 1.71 bits per heavy atom. The Morgan fingerprint density at radius 1 is 0.964 bits per heavy atom. The van der Waals surface area contributed by atoms with Gasteiger partial charge in [-0.15, -0.1) is 11.3 Å². The number of para-hydroxylation sites is 1. The largest absolute Gasteiger partial charge is 0.326 e. The predicted molar refractivity (Wildman–Crippen MR) is 111 cm³/mol. The smallest absolute Gasteiger partial charge is 0.319 e. The number of carbonyl (C=O) groups is 2. The number of nitrogens with one attached hydrogen (secondary N) is 3. The number of benzene rings is 1. The van der Waals surface area contributed by atoms with Crippen molar-refractivity contribution in [2.45, 2.75) is 19.9 Å². The van der Waals surface area contributed by atoms with E-state index in [1.165, 1.54) is 11.3 Å². The van der Waals surface area contributed by atoms with Crippen molar-refractivity contribution < 1.29 is 9.59 Å². The van der Waals surface area contributed by atoms with Gasteiger partial charge in [-0.3, -0.25) is 9.78 Å². The molecule has 8 heteroatoms. The molecule has 3 rings (SSSR count). The fourth-order valence-corrected chi connectivity index (χ4v) is 3.22. The number of amides is 3. The van der Waals surface area contributed by atoms with Crippen LogP contribution >= 0.6 is 11.3 Å². The Morgan fingerprint density at radius 3 is 2.39 bits per heavy atom. The first-order chi connectivity index (χ1) is 13.5. The van der Waals surface area contributed by atoms with Crippen molar-refractivity contribution in [1.29, 1.82) is 0 Å². The zero-order valence-corrected chi connectivity index (χ0v) is 16.4. The van der Waals surface area contributed by atoms with Crippen LogP contribution in [-0.4, -0.2) is 27.9 Å². The summed E-state index contributed by atoms with van der Waals surface area (Å²) in [5, 5.41) is 10.5. The lowest BCUT2D eigenvalue weighted by molar-refractivity contribution is -0.118. The molecule has 0 aliphatic rings. The van der Waals surface area contributed by atoms with E-state index < -0.39 is 12.1 Å². The summed E-state index contributed by atoms with van der Waals surface area (Å²) in [6.07, 6.45) is 1.69. The van der Waals surface area contributed by atoms with Crippen molar-refractivity contribution in [3.8, 4) is 11.4 Å². The molecule has 0 radical (unpaired) electrons. The van der Waals surface area contributed by atoms with Gasteiger partial charge in [0.1, 0.15) is 11.7 Å². The molecule has 0 saturated carbocycles. The zero-order chi connectivity index (χ0) is 19.9. The fraction of sp³-hybridized carbons (Fsp3) is 0.200. The fourth-order valence-electron chi connectivity index (χ4n) is 2.51. The monoisotopic (exact) mass is 395 g/mol. The lowest BCUT2D eigenvalue weighted by Gasteiger charge is -2.21. The van der Waals surface area contributed by atoms with Gasteiger partial charge in [0.2, 0.25) is 5.91 Å². The molecule has 28 heavy (non-hydrogen) atoms. The highest BCUT2D eigenvalue weighted by molar-refractivity contribution is 7.14. The molecule has 2 heterocycles. The lowest BCUT2D eigenvalue weighted by Crippen LogP contribution is -2.48. The number of hydrogen-bond donors (Lipinski definition) is 3. The molecule has 144 valence electrons. The van der Waals surface area contributed by atoms with Crippen molar-refractivity contribution in [3.05, 3.63) is 60.1 Å². The predicted octanol–water partition coefficient (Wildman–Crippen LogP) is 3.99. The maximum Gasteiger partial charge on any atom is 0.319 e. The van der Waals surface area contributed by atoms with Crippen LogP contribution in [0.1, 0.15) is 13.8 Å². The molecule has 3 amide bonds. The van der Waals surface area contributed by atoms with Crippen LogP contribution in [0.2, 0.25) is 0 Å². The molecule has 0 bridgehead atoms. The number of carbonyl (C=O) groups excluding carboxylic acids is 2. The molecule has 0 saturated heterocycles. The van der Waals surface area contributed by atoms with Gasteiger partial charge in [0.25, 0.3) is 0 Å². The zero-order valence-electron chi connectivity index (χ0n) is 15.5. The number of hydrogen-bond acceptors (Lipinski definition) is 5. The second-order valence-electron chi connectivity index (χ2n) is 6.43. The molecule has 0 fully saturated rings. The minimum Gasteiger partial charge on any atom is -0.326 e. The molecule has 7 nitrogen and oxygen atoms in total. The number of aromatic nitrogens is 2. The van der Waals surface area contributed by atoms with Gasteiger partial charge in [-0.05, 0) is 30.2 Å². The van der Waals surface area contributed by atoms with Crippen LogP contribution in [0.3, 0.4) is 0 Å². The average Bonchev–Trinajstić information content (AvgIpc) is 3.16. The van der Waals surface area contributed by atoms with Gasteiger partial charge in [0, 0.05) is 17.3 Å². The van der Waals surface area contributed by atoms with Gasteiger partial charge in [0.05, 0.1) is 5.69 Å². The Bertz CT molecular complexity index is 928. The van der Waals surface area contributed by atoms with Crippen molar-refractivity contribution in [2.75, 3.05) is 10.6 Å². The average molecular weight is 395 g/mol. The number of rotatable bonds is 6. The summed E-state index contributed by atoms with van der Waals surface area (Å²) >= 11 is 1.31. The van der Waals surface area contributed by atoms with Crippen LogP contribution in [0.5, 0.6) is 0 Å². The van der Waals surface area contributed by atoms with Gasteiger partial charge in [-0.1, -0.05) is 38.1 Å². The van der Waals surface area contributed by atoms with Gasteiger partial charge in [-0.25, -0.2) is 9.78 Å². The molecule has 0 aliphatic heterocycles. The topological polar surface area (TPSA) is 96.0 Å². The highest BCUT2D eigenvalue weighted by atomic mass is 32.1. The maximum absolute atomic E-state index is 12.7. The Hall–Kier alpha value is -3.26. The molecule has 1 aromatic carbocycles. The third-order valence-corrected chi connectivity index (χ3v) is 4.69. The summed E-state index contributed by atoms with van der Waals surface area (Å²) in [4.78, 5) is 33.6.